The molecule has 2 rings (SSSR count). The number of benzene rings is 1. The summed E-state index contributed by atoms with van der Waals surface area (Å²) < 4.78 is 10.4. The molecule has 0 aromatic heterocycles. The van der Waals surface area contributed by atoms with E-state index in [1.807, 2.05) is 26.0 Å². The molecule has 0 radical (unpaired) electrons. The Kier molecular flexibility index (Phi) is 3.43. The lowest BCUT2D eigenvalue weighted by Gasteiger charge is -2.18. The quantitative estimate of drug-likeness (QED) is 0.885. The van der Waals surface area contributed by atoms with Crippen LogP contribution in [0.3, 0.4) is 0 Å². The average molecular weight is 250 g/mol. The van der Waals surface area contributed by atoms with Crippen molar-refractivity contribution in [1.82, 2.24) is 0 Å². The van der Waals surface area contributed by atoms with Crippen LogP contribution in [0.4, 0.5) is 10.5 Å². The number of rotatable bonds is 3. The average Bonchev–Trinajstić information content (AvgIpc) is 2.74. The fourth-order valence-corrected chi connectivity index (χ4v) is 2.14. The fraction of sp³-hybridized carbons (Fsp3) is 0.462. The number of hydrogen-bond acceptors (Lipinski definition) is 4. The van der Waals surface area contributed by atoms with Crippen molar-refractivity contribution in [1.29, 1.82) is 0 Å². The second kappa shape index (κ2) is 4.86. The zero-order chi connectivity index (χ0) is 13.3. The first kappa shape index (κ1) is 12.7. The lowest BCUT2D eigenvalue weighted by atomic mass is 10.1. The first-order valence-corrected chi connectivity index (χ1v) is 5.91. The maximum atomic E-state index is 11.8. The number of carbonyl (C=O) groups excluding carboxylic acids is 1. The lowest BCUT2D eigenvalue weighted by molar-refractivity contribution is 0.145. The van der Waals surface area contributed by atoms with Crippen molar-refractivity contribution in [2.24, 2.45) is 5.73 Å². The van der Waals surface area contributed by atoms with Gasteiger partial charge < -0.3 is 15.2 Å². The van der Waals surface area contributed by atoms with Crippen LogP contribution in [0.5, 0.6) is 5.75 Å². The van der Waals surface area contributed by atoms with Crippen LogP contribution in [0.2, 0.25) is 0 Å². The van der Waals surface area contributed by atoms with Gasteiger partial charge in [-0.2, -0.15) is 0 Å². The summed E-state index contributed by atoms with van der Waals surface area (Å²) in [5, 5.41) is 0. The second-order valence-corrected chi connectivity index (χ2v) is 4.39. The van der Waals surface area contributed by atoms with Crippen molar-refractivity contribution in [3.8, 4) is 5.75 Å². The maximum absolute atomic E-state index is 11.8. The van der Waals surface area contributed by atoms with Gasteiger partial charge in [0.2, 0.25) is 0 Å². The summed E-state index contributed by atoms with van der Waals surface area (Å²) in [5.74, 6) is 0.819. The van der Waals surface area contributed by atoms with Gasteiger partial charge in [0.25, 0.3) is 0 Å². The number of amides is 1. The van der Waals surface area contributed by atoms with Crippen LogP contribution in [0.15, 0.2) is 12.1 Å². The van der Waals surface area contributed by atoms with E-state index in [2.05, 4.69) is 0 Å². The Morgan fingerprint density at radius 1 is 1.44 bits per heavy atom. The summed E-state index contributed by atoms with van der Waals surface area (Å²) in [7, 11) is 1.63. The molecule has 1 aliphatic heterocycles. The van der Waals surface area contributed by atoms with E-state index in [4.69, 9.17) is 15.2 Å². The fourth-order valence-electron chi connectivity index (χ4n) is 2.14. The summed E-state index contributed by atoms with van der Waals surface area (Å²) in [6.45, 7) is 4.79. The number of cyclic esters (lactones) is 1. The predicted molar refractivity (Wildman–Crippen MR) is 69.1 cm³/mol. The Balaban J connectivity index is 2.35. The van der Waals surface area contributed by atoms with Crippen LogP contribution in [-0.2, 0) is 4.74 Å². The molecule has 1 fully saturated rings. The molecule has 1 aliphatic rings. The second-order valence-electron chi connectivity index (χ2n) is 4.39. The van der Waals surface area contributed by atoms with E-state index < -0.39 is 0 Å². The van der Waals surface area contributed by atoms with Crippen LogP contribution in [0.25, 0.3) is 0 Å². The molecule has 0 aliphatic carbocycles. The van der Waals surface area contributed by atoms with E-state index in [1.165, 1.54) is 0 Å². The molecular weight excluding hydrogens is 232 g/mol. The third-order valence-electron chi connectivity index (χ3n) is 3.36. The Bertz CT molecular complexity index is 474. The number of carbonyl (C=O) groups is 1. The standard InChI is InChI=1S/C13H18N2O3/c1-8-9(2)12(17-3)5-4-11(8)15-7-10(6-14)18-13(15)16/h4-5,10H,6-7,14H2,1-3H3. The van der Waals surface area contributed by atoms with Crippen LogP contribution >= 0.6 is 0 Å². The van der Waals surface area contributed by atoms with E-state index in [0.29, 0.717) is 13.1 Å². The molecule has 2 N–H and O–H groups in total. The van der Waals surface area contributed by atoms with Gasteiger partial charge in [-0.05, 0) is 37.1 Å². The van der Waals surface area contributed by atoms with Gasteiger partial charge in [0.1, 0.15) is 11.9 Å². The zero-order valence-corrected chi connectivity index (χ0v) is 10.9. The highest BCUT2D eigenvalue weighted by Gasteiger charge is 2.32. The van der Waals surface area contributed by atoms with Crippen LogP contribution in [0.1, 0.15) is 11.1 Å². The van der Waals surface area contributed by atoms with E-state index in [9.17, 15) is 4.79 Å². The number of hydrogen-bond donors (Lipinski definition) is 1. The summed E-state index contributed by atoms with van der Waals surface area (Å²) in [5.41, 5.74) is 8.43. The summed E-state index contributed by atoms with van der Waals surface area (Å²) in [6.07, 6.45) is -0.558. The molecule has 1 aromatic rings. The first-order chi connectivity index (χ1) is 8.58. The molecule has 0 bridgehead atoms. The van der Waals surface area contributed by atoms with Crippen LogP contribution in [-0.4, -0.2) is 32.4 Å². The van der Waals surface area contributed by atoms with Gasteiger partial charge in [0, 0.05) is 6.54 Å². The molecule has 1 amide bonds. The highest BCUT2D eigenvalue weighted by Crippen LogP contribution is 2.31. The minimum atomic E-state index is -0.335. The van der Waals surface area contributed by atoms with Crippen molar-refractivity contribution < 1.29 is 14.3 Å². The highest BCUT2D eigenvalue weighted by atomic mass is 16.6. The summed E-state index contributed by atoms with van der Waals surface area (Å²) >= 11 is 0. The Hall–Kier alpha value is -1.75. The van der Waals surface area contributed by atoms with Gasteiger partial charge in [0.05, 0.1) is 19.3 Å². The molecule has 1 aromatic carbocycles. The molecule has 18 heavy (non-hydrogen) atoms. The van der Waals surface area contributed by atoms with Gasteiger partial charge >= 0.3 is 6.09 Å². The highest BCUT2D eigenvalue weighted by molar-refractivity contribution is 5.91. The summed E-state index contributed by atoms with van der Waals surface area (Å²) in [4.78, 5) is 13.4. The minimum absolute atomic E-state index is 0.223. The van der Waals surface area contributed by atoms with Crippen LogP contribution in [0, 0.1) is 13.8 Å². The van der Waals surface area contributed by atoms with Gasteiger partial charge in [-0.25, -0.2) is 4.79 Å². The molecule has 5 heteroatoms. The molecular formula is C13H18N2O3. The monoisotopic (exact) mass is 250 g/mol. The molecule has 0 saturated carbocycles. The van der Waals surface area contributed by atoms with Gasteiger partial charge in [0.15, 0.2) is 0 Å². The molecule has 5 nitrogen and oxygen atoms in total. The molecule has 0 spiro atoms. The predicted octanol–water partition coefficient (Wildman–Crippen LogP) is 1.60. The first-order valence-electron chi connectivity index (χ1n) is 5.91. The molecule has 1 heterocycles. The Morgan fingerprint density at radius 2 is 2.17 bits per heavy atom. The molecule has 1 unspecified atom stereocenters. The maximum Gasteiger partial charge on any atom is 0.414 e. The third-order valence-corrected chi connectivity index (χ3v) is 3.36. The van der Waals surface area contributed by atoms with E-state index in [-0.39, 0.29) is 12.2 Å². The SMILES string of the molecule is COc1ccc(N2CC(CN)OC2=O)c(C)c1C. The number of anilines is 1. The van der Waals surface area contributed by atoms with Crippen molar-refractivity contribution in [2.45, 2.75) is 20.0 Å². The number of nitrogens with zero attached hydrogens (tertiary/aromatic N) is 1. The Morgan fingerprint density at radius 3 is 2.72 bits per heavy atom. The smallest absolute Gasteiger partial charge is 0.414 e. The molecule has 98 valence electrons. The topological polar surface area (TPSA) is 64.8 Å². The summed E-state index contributed by atoms with van der Waals surface area (Å²) in [6, 6.07) is 3.74. The molecule has 1 atom stereocenters. The van der Waals surface area contributed by atoms with Crippen molar-refractivity contribution >= 4 is 11.8 Å². The lowest BCUT2D eigenvalue weighted by Crippen LogP contribution is -2.28. The number of methoxy groups -OCH3 is 1. The van der Waals surface area contributed by atoms with Crippen molar-refractivity contribution in [3.05, 3.63) is 23.3 Å². The minimum Gasteiger partial charge on any atom is -0.496 e. The zero-order valence-electron chi connectivity index (χ0n) is 10.9. The van der Waals surface area contributed by atoms with Crippen molar-refractivity contribution in [2.75, 3.05) is 25.1 Å². The van der Waals surface area contributed by atoms with E-state index in [1.54, 1.807) is 12.0 Å². The third kappa shape index (κ3) is 2.01. The molecule has 1 saturated heterocycles. The van der Waals surface area contributed by atoms with Crippen molar-refractivity contribution in [3.63, 3.8) is 0 Å². The van der Waals surface area contributed by atoms with Gasteiger partial charge in [-0.15, -0.1) is 0 Å². The largest absolute Gasteiger partial charge is 0.496 e. The Labute approximate surface area is 106 Å². The van der Waals surface area contributed by atoms with Gasteiger partial charge in [-0.3, -0.25) is 4.90 Å². The van der Waals surface area contributed by atoms with E-state index in [0.717, 1.165) is 22.6 Å². The normalized spacial score (nSPS) is 19.0. The number of nitrogens with two attached hydrogens (primary N) is 1. The van der Waals surface area contributed by atoms with Crippen LogP contribution < -0.4 is 15.4 Å². The van der Waals surface area contributed by atoms with E-state index >= 15 is 0 Å². The van der Waals surface area contributed by atoms with Gasteiger partial charge in [-0.1, -0.05) is 0 Å². The number of ether oxygens (including phenoxy) is 2.